The SMILES string of the molecule is BrNCCCCCC[PH](c1ccccc1)(c1ccccc1)c1ccccc1. The van der Waals surface area contributed by atoms with E-state index in [2.05, 4.69) is 111 Å². The Balaban J connectivity index is 1.98. The molecular weight excluding hydrogens is 413 g/mol. The minimum atomic E-state index is -2.02. The van der Waals surface area contributed by atoms with Crippen molar-refractivity contribution in [2.75, 3.05) is 12.7 Å². The molecule has 142 valence electrons. The Hall–Kier alpha value is -1.47. The van der Waals surface area contributed by atoms with Crippen molar-refractivity contribution in [3.05, 3.63) is 91.0 Å². The molecule has 0 atom stereocenters. The van der Waals surface area contributed by atoms with Crippen LogP contribution in [-0.4, -0.2) is 12.7 Å². The van der Waals surface area contributed by atoms with Crippen molar-refractivity contribution in [2.24, 2.45) is 0 Å². The maximum atomic E-state index is 3.30. The van der Waals surface area contributed by atoms with Crippen molar-refractivity contribution in [1.82, 2.24) is 4.34 Å². The van der Waals surface area contributed by atoms with Crippen LogP contribution < -0.4 is 20.3 Å². The van der Waals surface area contributed by atoms with E-state index in [0.29, 0.717) is 0 Å². The molecule has 0 saturated carbocycles. The third kappa shape index (κ3) is 5.08. The predicted molar refractivity (Wildman–Crippen MR) is 127 cm³/mol. The van der Waals surface area contributed by atoms with Gasteiger partial charge in [0.25, 0.3) is 0 Å². The summed E-state index contributed by atoms with van der Waals surface area (Å²) in [7, 11) is -2.02. The molecule has 3 aromatic rings. The molecule has 0 aliphatic carbocycles. The molecular formula is C24H29BrNP. The van der Waals surface area contributed by atoms with Gasteiger partial charge in [0.1, 0.15) is 0 Å². The summed E-state index contributed by atoms with van der Waals surface area (Å²) in [5.41, 5.74) is 0. The summed E-state index contributed by atoms with van der Waals surface area (Å²) in [6.07, 6.45) is 6.32. The van der Waals surface area contributed by atoms with Crippen LogP contribution in [0.1, 0.15) is 25.7 Å². The van der Waals surface area contributed by atoms with Crippen LogP contribution in [0.4, 0.5) is 0 Å². The normalized spacial score (nSPS) is 12.0. The number of hydrogen-bond donors (Lipinski definition) is 1. The van der Waals surface area contributed by atoms with Crippen LogP contribution in [0.15, 0.2) is 91.0 Å². The van der Waals surface area contributed by atoms with Crippen LogP contribution in [-0.2, 0) is 0 Å². The first-order valence-corrected chi connectivity index (χ1v) is 12.9. The molecule has 1 N–H and O–H groups in total. The van der Waals surface area contributed by atoms with E-state index in [4.69, 9.17) is 0 Å². The van der Waals surface area contributed by atoms with Gasteiger partial charge in [0.2, 0.25) is 0 Å². The zero-order valence-corrected chi connectivity index (χ0v) is 18.4. The van der Waals surface area contributed by atoms with Gasteiger partial charge in [-0.15, -0.1) is 0 Å². The Morgan fingerprint density at radius 2 is 0.963 bits per heavy atom. The molecule has 0 aromatic heterocycles. The molecule has 1 nitrogen and oxygen atoms in total. The Morgan fingerprint density at radius 1 is 0.556 bits per heavy atom. The average molecular weight is 442 g/mol. The van der Waals surface area contributed by atoms with E-state index >= 15 is 0 Å². The molecule has 0 bridgehead atoms. The zero-order valence-electron chi connectivity index (χ0n) is 15.8. The van der Waals surface area contributed by atoms with Gasteiger partial charge in [-0.1, -0.05) is 0 Å². The summed E-state index contributed by atoms with van der Waals surface area (Å²) in [4.78, 5) is 0. The second-order valence-corrected chi connectivity index (χ2v) is 11.7. The molecule has 0 unspecified atom stereocenters. The molecule has 0 aliphatic rings. The van der Waals surface area contributed by atoms with E-state index < -0.39 is 7.26 Å². The van der Waals surface area contributed by atoms with Gasteiger partial charge in [-0.25, -0.2) is 0 Å². The molecule has 0 spiro atoms. The van der Waals surface area contributed by atoms with Crippen LogP contribution in [0.5, 0.6) is 0 Å². The average Bonchev–Trinajstić information content (AvgIpc) is 2.75. The molecule has 3 rings (SSSR count). The second-order valence-electron chi connectivity index (χ2n) is 7.05. The number of nitrogens with one attached hydrogen (secondary N) is 1. The fourth-order valence-electron chi connectivity index (χ4n) is 4.04. The van der Waals surface area contributed by atoms with E-state index in [-0.39, 0.29) is 0 Å². The van der Waals surface area contributed by atoms with Gasteiger partial charge in [-0.2, -0.15) is 0 Å². The third-order valence-corrected chi connectivity index (χ3v) is 10.8. The van der Waals surface area contributed by atoms with Crippen LogP contribution in [0.25, 0.3) is 0 Å². The molecule has 27 heavy (non-hydrogen) atoms. The number of unbranched alkanes of at least 4 members (excludes halogenated alkanes) is 3. The van der Waals surface area contributed by atoms with Gasteiger partial charge in [0.05, 0.1) is 0 Å². The number of halogens is 1. The van der Waals surface area contributed by atoms with Gasteiger partial charge >= 0.3 is 173 Å². The minimum absolute atomic E-state index is 1.04. The second kappa shape index (κ2) is 10.8. The number of rotatable bonds is 10. The summed E-state index contributed by atoms with van der Waals surface area (Å²) in [6, 6.07) is 33.7. The van der Waals surface area contributed by atoms with Crippen LogP contribution in [0.3, 0.4) is 0 Å². The molecule has 0 amide bonds. The Kier molecular flexibility index (Phi) is 8.08. The van der Waals surface area contributed by atoms with Crippen LogP contribution >= 0.6 is 23.4 Å². The van der Waals surface area contributed by atoms with E-state index in [1.807, 2.05) is 0 Å². The van der Waals surface area contributed by atoms with Gasteiger partial charge < -0.3 is 0 Å². The van der Waals surface area contributed by atoms with Gasteiger partial charge in [-0.05, 0) is 0 Å². The maximum absolute atomic E-state index is 3.30. The fraction of sp³-hybridized carbons (Fsp3) is 0.250. The van der Waals surface area contributed by atoms with E-state index in [1.54, 1.807) is 0 Å². The first kappa shape index (κ1) is 20.3. The first-order valence-electron chi connectivity index (χ1n) is 9.88. The van der Waals surface area contributed by atoms with E-state index in [1.165, 1.54) is 47.8 Å². The van der Waals surface area contributed by atoms with Crippen molar-refractivity contribution in [1.29, 1.82) is 0 Å². The Morgan fingerprint density at radius 3 is 1.37 bits per heavy atom. The number of benzene rings is 3. The van der Waals surface area contributed by atoms with Gasteiger partial charge in [0, 0.05) is 0 Å². The van der Waals surface area contributed by atoms with Crippen molar-refractivity contribution < 1.29 is 0 Å². The molecule has 0 heterocycles. The molecule has 0 radical (unpaired) electrons. The van der Waals surface area contributed by atoms with Crippen LogP contribution in [0.2, 0.25) is 0 Å². The Labute approximate surface area is 172 Å². The molecule has 0 saturated heterocycles. The zero-order chi connectivity index (χ0) is 18.8. The predicted octanol–water partition coefficient (Wildman–Crippen LogP) is 5.17. The number of hydrogen-bond acceptors (Lipinski definition) is 1. The van der Waals surface area contributed by atoms with E-state index in [9.17, 15) is 0 Å². The molecule has 0 aliphatic heterocycles. The summed E-state index contributed by atoms with van der Waals surface area (Å²) in [6.45, 7) is 1.04. The summed E-state index contributed by atoms with van der Waals surface area (Å²) in [5, 5.41) is 4.55. The third-order valence-electron chi connectivity index (χ3n) is 5.37. The quantitative estimate of drug-likeness (QED) is 0.260. The Bertz CT molecular complexity index is 681. The standard InChI is InChI=1S/C24H29BrNP/c25-26-20-12-1-2-13-21-27(22-14-6-3-7-15-22,23-16-8-4-9-17-23)24-18-10-5-11-19-24/h3-11,14-19,26-27H,1-2,12-13,20-21H2. The summed E-state index contributed by atoms with van der Waals surface area (Å²) < 4.78 is 3.07. The van der Waals surface area contributed by atoms with Crippen molar-refractivity contribution >= 4 is 39.3 Å². The van der Waals surface area contributed by atoms with Crippen molar-refractivity contribution in [2.45, 2.75) is 25.7 Å². The molecule has 3 heteroatoms. The van der Waals surface area contributed by atoms with Gasteiger partial charge in [0.15, 0.2) is 0 Å². The van der Waals surface area contributed by atoms with E-state index in [0.717, 1.165) is 6.54 Å². The van der Waals surface area contributed by atoms with Crippen molar-refractivity contribution in [3.63, 3.8) is 0 Å². The van der Waals surface area contributed by atoms with Crippen LogP contribution in [0, 0.1) is 0 Å². The summed E-state index contributed by atoms with van der Waals surface area (Å²) in [5.74, 6) is 0. The molecule has 3 aromatic carbocycles. The van der Waals surface area contributed by atoms with Gasteiger partial charge in [-0.3, -0.25) is 0 Å². The topological polar surface area (TPSA) is 12.0 Å². The summed E-state index contributed by atoms with van der Waals surface area (Å²) >= 11 is 3.30. The van der Waals surface area contributed by atoms with Crippen molar-refractivity contribution in [3.8, 4) is 0 Å². The fourth-order valence-corrected chi connectivity index (χ4v) is 9.25. The molecule has 0 fully saturated rings. The monoisotopic (exact) mass is 441 g/mol. The first-order chi connectivity index (χ1) is 13.4.